The lowest BCUT2D eigenvalue weighted by molar-refractivity contribution is 0.336. The average molecular weight is 535 g/mol. The number of para-hydroxylation sites is 1. The van der Waals surface area contributed by atoms with Crippen molar-refractivity contribution in [3.8, 4) is 17.2 Å². The van der Waals surface area contributed by atoms with E-state index in [1.54, 1.807) is 7.11 Å². The van der Waals surface area contributed by atoms with Crippen molar-refractivity contribution in [1.29, 1.82) is 0 Å². The second kappa shape index (κ2) is 12.8. The van der Waals surface area contributed by atoms with Gasteiger partial charge in [-0.25, -0.2) is 9.67 Å². The number of aliphatic imine (C=N–C) groups is 1. The largest absolute Gasteiger partial charge is 0.497 e. The highest BCUT2D eigenvalue weighted by atomic mass is 127. The number of benzene rings is 2. The molecule has 0 atom stereocenters. The number of rotatable bonds is 9. The van der Waals surface area contributed by atoms with E-state index in [1.807, 2.05) is 79.3 Å². The van der Waals surface area contributed by atoms with Crippen molar-refractivity contribution in [1.82, 2.24) is 20.4 Å². The van der Waals surface area contributed by atoms with Gasteiger partial charge < -0.3 is 20.1 Å². The first-order chi connectivity index (χ1) is 14.7. The SMILES string of the molecule is CCNC(=NCc1ccccc1OCC)NCc1ccn(-c2ccc(OC)cc2)n1.I. The lowest BCUT2D eigenvalue weighted by Gasteiger charge is -2.12. The van der Waals surface area contributed by atoms with Crippen molar-refractivity contribution in [2.45, 2.75) is 26.9 Å². The first-order valence-electron chi connectivity index (χ1n) is 10.1. The zero-order valence-electron chi connectivity index (χ0n) is 18.2. The van der Waals surface area contributed by atoms with Crippen LogP contribution in [0.25, 0.3) is 5.69 Å². The van der Waals surface area contributed by atoms with Gasteiger partial charge in [0, 0.05) is 18.3 Å². The van der Waals surface area contributed by atoms with Crippen LogP contribution in [0.3, 0.4) is 0 Å². The molecule has 8 heteroatoms. The number of aromatic nitrogens is 2. The summed E-state index contributed by atoms with van der Waals surface area (Å²) in [6, 6.07) is 17.8. The fraction of sp³-hybridized carbons (Fsp3) is 0.304. The van der Waals surface area contributed by atoms with Crippen molar-refractivity contribution in [3.63, 3.8) is 0 Å². The third-order valence-electron chi connectivity index (χ3n) is 4.44. The molecule has 0 bridgehead atoms. The molecule has 3 aromatic rings. The fourth-order valence-electron chi connectivity index (χ4n) is 2.95. The molecule has 1 heterocycles. The van der Waals surface area contributed by atoms with E-state index in [9.17, 15) is 0 Å². The zero-order valence-corrected chi connectivity index (χ0v) is 20.5. The standard InChI is InChI=1S/C23H29N5O2.HI/c1-4-24-23(25-16-18-8-6-7-9-22(18)30-5-2)26-17-19-14-15-28(27-19)20-10-12-21(29-3)13-11-20;/h6-15H,4-5,16-17H2,1-3H3,(H2,24,25,26);1H. The second-order valence-corrected chi connectivity index (χ2v) is 6.54. The lowest BCUT2D eigenvalue weighted by atomic mass is 10.2. The van der Waals surface area contributed by atoms with Crippen molar-refractivity contribution < 1.29 is 9.47 Å². The normalized spacial score (nSPS) is 10.9. The maximum absolute atomic E-state index is 5.69. The third-order valence-corrected chi connectivity index (χ3v) is 4.44. The molecule has 0 saturated carbocycles. The molecule has 0 saturated heterocycles. The van der Waals surface area contributed by atoms with E-state index >= 15 is 0 Å². The highest BCUT2D eigenvalue weighted by Crippen LogP contribution is 2.18. The molecular formula is C23H30IN5O2. The molecule has 7 nitrogen and oxygen atoms in total. The van der Waals surface area contributed by atoms with Crippen molar-refractivity contribution in [3.05, 3.63) is 72.1 Å². The average Bonchev–Trinajstić information content (AvgIpc) is 3.26. The minimum atomic E-state index is 0. The van der Waals surface area contributed by atoms with E-state index < -0.39 is 0 Å². The summed E-state index contributed by atoms with van der Waals surface area (Å²) >= 11 is 0. The predicted molar refractivity (Wildman–Crippen MR) is 135 cm³/mol. The van der Waals surface area contributed by atoms with Crippen LogP contribution in [0.2, 0.25) is 0 Å². The van der Waals surface area contributed by atoms with Gasteiger partial charge >= 0.3 is 0 Å². The Morgan fingerprint density at radius 2 is 1.81 bits per heavy atom. The Morgan fingerprint density at radius 3 is 2.52 bits per heavy atom. The quantitative estimate of drug-likeness (QED) is 0.245. The van der Waals surface area contributed by atoms with Crippen molar-refractivity contribution in [2.75, 3.05) is 20.3 Å². The van der Waals surface area contributed by atoms with Crippen LogP contribution in [0, 0.1) is 0 Å². The second-order valence-electron chi connectivity index (χ2n) is 6.54. The Labute approximate surface area is 200 Å². The zero-order chi connectivity index (χ0) is 21.2. The summed E-state index contributed by atoms with van der Waals surface area (Å²) in [5.74, 6) is 2.44. The topological polar surface area (TPSA) is 72.7 Å². The van der Waals surface area contributed by atoms with Gasteiger partial charge in [-0.1, -0.05) is 18.2 Å². The predicted octanol–water partition coefficient (Wildman–Crippen LogP) is 4.15. The number of hydrogen-bond donors (Lipinski definition) is 2. The van der Waals surface area contributed by atoms with E-state index in [1.165, 1.54) is 0 Å². The highest BCUT2D eigenvalue weighted by Gasteiger charge is 2.05. The molecule has 1 aromatic heterocycles. The van der Waals surface area contributed by atoms with E-state index in [0.717, 1.165) is 40.9 Å². The summed E-state index contributed by atoms with van der Waals surface area (Å²) in [6.45, 7) is 6.55. The van der Waals surface area contributed by atoms with E-state index in [2.05, 4.69) is 15.7 Å². The maximum atomic E-state index is 5.69. The highest BCUT2D eigenvalue weighted by molar-refractivity contribution is 14.0. The molecule has 0 radical (unpaired) electrons. The summed E-state index contributed by atoms with van der Waals surface area (Å²) in [5, 5.41) is 11.3. The van der Waals surface area contributed by atoms with Crippen LogP contribution < -0.4 is 20.1 Å². The van der Waals surface area contributed by atoms with Gasteiger partial charge in [0.05, 0.1) is 38.2 Å². The summed E-state index contributed by atoms with van der Waals surface area (Å²) in [4.78, 5) is 4.69. The molecule has 2 N–H and O–H groups in total. The monoisotopic (exact) mass is 535 g/mol. The van der Waals surface area contributed by atoms with Crippen molar-refractivity contribution in [2.24, 2.45) is 4.99 Å². The van der Waals surface area contributed by atoms with Crippen LogP contribution in [-0.2, 0) is 13.1 Å². The molecule has 31 heavy (non-hydrogen) atoms. The number of nitrogens with one attached hydrogen (secondary N) is 2. The third kappa shape index (κ3) is 7.16. The Kier molecular flexibility index (Phi) is 10.2. The molecule has 0 unspecified atom stereocenters. The summed E-state index contributed by atoms with van der Waals surface area (Å²) in [5.41, 5.74) is 2.96. The van der Waals surface area contributed by atoms with E-state index in [4.69, 9.17) is 14.5 Å². The fourth-order valence-corrected chi connectivity index (χ4v) is 2.95. The van der Waals surface area contributed by atoms with Crippen molar-refractivity contribution >= 4 is 29.9 Å². The molecule has 3 rings (SSSR count). The Hall–Kier alpha value is -2.75. The maximum Gasteiger partial charge on any atom is 0.191 e. The van der Waals surface area contributed by atoms with Gasteiger partial charge in [-0.05, 0) is 50.2 Å². The molecule has 0 aliphatic heterocycles. The number of methoxy groups -OCH3 is 1. The number of guanidine groups is 1. The smallest absolute Gasteiger partial charge is 0.191 e. The molecule has 0 aliphatic carbocycles. The van der Waals surface area contributed by atoms with Gasteiger partial charge in [-0.15, -0.1) is 24.0 Å². The molecule has 0 aliphatic rings. The Bertz CT molecular complexity index is 957. The van der Waals surface area contributed by atoms with Gasteiger partial charge in [0.15, 0.2) is 5.96 Å². The number of hydrogen-bond acceptors (Lipinski definition) is 4. The van der Waals surface area contributed by atoms with Gasteiger partial charge in [0.2, 0.25) is 0 Å². The molecule has 166 valence electrons. The minimum Gasteiger partial charge on any atom is -0.497 e. The van der Waals surface area contributed by atoms with Crippen LogP contribution in [-0.4, -0.2) is 36.0 Å². The molecular weight excluding hydrogens is 505 g/mol. The number of halogens is 1. The summed E-state index contributed by atoms with van der Waals surface area (Å²) < 4.78 is 12.7. The van der Waals surface area contributed by atoms with Crippen LogP contribution in [0.4, 0.5) is 0 Å². The van der Waals surface area contributed by atoms with Gasteiger partial charge in [0.1, 0.15) is 11.5 Å². The Balaban J connectivity index is 0.00000341. The molecule has 2 aromatic carbocycles. The van der Waals surface area contributed by atoms with Crippen LogP contribution in [0.5, 0.6) is 11.5 Å². The molecule has 0 amide bonds. The van der Waals surface area contributed by atoms with Gasteiger partial charge in [-0.2, -0.15) is 5.10 Å². The van der Waals surface area contributed by atoms with Gasteiger partial charge in [0.25, 0.3) is 0 Å². The van der Waals surface area contributed by atoms with Crippen LogP contribution in [0.1, 0.15) is 25.1 Å². The molecule has 0 spiro atoms. The minimum absolute atomic E-state index is 0. The summed E-state index contributed by atoms with van der Waals surface area (Å²) in [7, 11) is 1.66. The van der Waals surface area contributed by atoms with E-state index in [-0.39, 0.29) is 24.0 Å². The van der Waals surface area contributed by atoms with Crippen LogP contribution in [0.15, 0.2) is 65.8 Å². The van der Waals surface area contributed by atoms with Crippen LogP contribution >= 0.6 is 24.0 Å². The molecule has 0 fully saturated rings. The van der Waals surface area contributed by atoms with Gasteiger partial charge in [-0.3, -0.25) is 0 Å². The number of nitrogens with zero attached hydrogens (tertiary/aromatic N) is 3. The first-order valence-corrected chi connectivity index (χ1v) is 10.1. The number of ether oxygens (including phenoxy) is 2. The lowest BCUT2D eigenvalue weighted by Crippen LogP contribution is -2.36. The van der Waals surface area contributed by atoms with E-state index in [0.29, 0.717) is 19.7 Å². The first kappa shape index (κ1) is 24.5. The summed E-state index contributed by atoms with van der Waals surface area (Å²) in [6.07, 6.45) is 1.95. The Morgan fingerprint density at radius 1 is 1.03 bits per heavy atom.